The Morgan fingerprint density at radius 1 is 1.12 bits per heavy atom. The molecular formula is C31H25ClN2O6S. The second kappa shape index (κ2) is 11.3. The first-order valence-corrected chi connectivity index (χ1v) is 14.2. The highest BCUT2D eigenvalue weighted by molar-refractivity contribution is 7.07. The van der Waals surface area contributed by atoms with Crippen molar-refractivity contribution in [2.75, 3.05) is 13.4 Å². The number of nitrogens with zero attached hydrogens (tertiary/aromatic N) is 2. The van der Waals surface area contributed by atoms with Gasteiger partial charge in [0, 0.05) is 10.6 Å². The maximum absolute atomic E-state index is 14.0. The fourth-order valence-electron chi connectivity index (χ4n) is 4.80. The van der Waals surface area contributed by atoms with Crippen molar-refractivity contribution >= 4 is 35.0 Å². The van der Waals surface area contributed by atoms with Crippen LogP contribution in [0.2, 0.25) is 5.02 Å². The number of benzene rings is 3. The molecule has 4 aromatic rings. The highest BCUT2D eigenvalue weighted by Crippen LogP contribution is 2.38. The molecule has 0 aliphatic carbocycles. The van der Waals surface area contributed by atoms with Crippen LogP contribution in [-0.2, 0) is 16.1 Å². The third kappa shape index (κ3) is 5.26. The summed E-state index contributed by atoms with van der Waals surface area (Å²) in [6.07, 6.45) is 1.79. The molecule has 0 N–H and O–H groups in total. The van der Waals surface area contributed by atoms with Gasteiger partial charge in [-0.05, 0) is 61.4 Å². The average molecular weight is 589 g/mol. The molecule has 0 bridgehead atoms. The quantitative estimate of drug-likeness (QED) is 0.289. The number of halogens is 1. The molecule has 41 heavy (non-hydrogen) atoms. The zero-order valence-electron chi connectivity index (χ0n) is 22.3. The number of ether oxygens (including phenoxy) is 4. The SMILES string of the molecule is CCOC(=O)C1=C(C)N=c2s/c(=C\c3ccccc3OCc3ccc(Cl)cc3)c(=O)n2[C@@H]1c1ccc2c(c1)OCO2. The molecule has 1 aromatic heterocycles. The van der Waals surface area contributed by atoms with Gasteiger partial charge in [0.05, 0.1) is 28.5 Å². The van der Waals surface area contributed by atoms with Gasteiger partial charge < -0.3 is 18.9 Å². The van der Waals surface area contributed by atoms with E-state index in [9.17, 15) is 9.59 Å². The third-order valence-corrected chi connectivity index (χ3v) is 7.98. The molecule has 8 nitrogen and oxygen atoms in total. The van der Waals surface area contributed by atoms with Gasteiger partial charge in [-0.3, -0.25) is 9.36 Å². The molecule has 0 amide bonds. The topological polar surface area (TPSA) is 88.4 Å². The lowest BCUT2D eigenvalue weighted by Gasteiger charge is -2.24. The van der Waals surface area contributed by atoms with Crippen LogP contribution in [0.1, 0.15) is 36.6 Å². The fraction of sp³-hybridized carbons (Fsp3) is 0.194. The van der Waals surface area contributed by atoms with E-state index in [0.29, 0.717) is 55.0 Å². The Morgan fingerprint density at radius 2 is 1.90 bits per heavy atom. The van der Waals surface area contributed by atoms with E-state index >= 15 is 0 Å². The van der Waals surface area contributed by atoms with E-state index in [2.05, 4.69) is 4.99 Å². The monoisotopic (exact) mass is 588 g/mol. The molecule has 1 atom stereocenters. The molecule has 2 aliphatic heterocycles. The summed E-state index contributed by atoms with van der Waals surface area (Å²) in [5.41, 5.74) is 2.91. The van der Waals surface area contributed by atoms with Crippen molar-refractivity contribution in [2.24, 2.45) is 4.99 Å². The predicted octanol–water partition coefficient (Wildman–Crippen LogP) is 4.76. The zero-order chi connectivity index (χ0) is 28.5. The largest absolute Gasteiger partial charge is 0.488 e. The maximum atomic E-state index is 14.0. The number of fused-ring (bicyclic) bond motifs is 2. The van der Waals surface area contributed by atoms with Gasteiger partial charge in [-0.1, -0.05) is 59.3 Å². The van der Waals surface area contributed by atoms with Crippen molar-refractivity contribution in [3.05, 3.63) is 119 Å². The molecule has 0 saturated heterocycles. The van der Waals surface area contributed by atoms with Crippen molar-refractivity contribution in [3.8, 4) is 17.2 Å². The molecule has 3 heterocycles. The van der Waals surface area contributed by atoms with Crippen LogP contribution >= 0.6 is 22.9 Å². The Morgan fingerprint density at radius 3 is 2.71 bits per heavy atom. The number of esters is 1. The first kappa shape index (κ1) is 26.9. The van der Waals surface area contributed by atoms with E-state index < -0.39 is 12.0 Å². The minimum absolute atomic E-state index is 0.112. The smallest absolute Gasteiger partial charge is 0.338 e. The average Bonchev–Trinajstić information content (AvgIpc) is 3.56. The Kier molecular flexibility index (Phi) is 7.38. The molecular weight excluding hydrogens is 564 g/mol. The Balaban J connectivity index is 1.43. The second-order valence-corrected chi connectivity index (χ2v) is 10.8. The fourth-order valence-corrected chi connectivity index (χ4v) is 5.97. The number of rotatable bonds is 7. The van der Waals surface area contributed by atoms with Crippen LogP contribution in [0, 0.1) is 0 Å². The minimum Gasteiger partial charge on any atom is -0.488 e. The van der Waals surface area contributed by atoms with Crippen molar-refractivity contribution in [2.45, 2.75) is 26.5 Å². The number of thiazole rings is 1. The third-order valence-electron chi connectivity index (χ3n) is 6.74. The van der Waals surface area contributed by atoms with Crippen molar-refractivity contribution in [1.82, 2.24) is 4.57 Å². The van der Waals surface area contributed by atoms with E-state index in [-0.39, 0.29) is 19.0 Å². The van der Waals surface area contributed by atoms with Gasteiger partial charge in [0.1, 0.15) is 12.4 Å². The van der Waals surface area contributed by atoms with E-state index in [1.165, 1.54) is 11.3 Å². The molecule has 0 saturated carbocycles. The lowest BCUT2D eigenvalue weighted by molar-refractivity contribution is -0.139. The Bertz CT molecular complexity index is 1860. The van der Waals surface area contributed by atoms with Crippen LogP contribution in [-0.4, -0.2) is 23.9 Å². The van der Waals surface area contributed by atoms with Crippen LogP contribution in [0.3, 0.4) is 0 Å². The number of aromatic nitrogens is 1. The molecule has 6 rings (SSSR count). The van der Waals surface area contributed by atoms with Gasteiger partial charge in [-0.25, -0.2) is 9.79 Å². The number of hydrogen-bond donors (Lipinski definition) is 0. The number of carbonyl (C=O) groups is 1. The van der Waals surface area contributed by atoms with Crippen LogP contribution in [0.5, 0.6) is 17.2 Å². The minimum atomic E-state index is -0.752. The van der Waals surface area contributed by atoms with Crippen LogP contribution in [0.25, 0.3) is 6.08 Å². The van der Waals surface area contributed by atoms with Gasteiger partial charge in [-0.15, -0.1) is 0 Å². The lowest BCUT2D eigenvalue weighted by Crippen LogP contribution is -2.39. The highest BCUT2D eigenvalue weighted by atomic mass is 35.5. The summed E-state index contributed by atoms with van der Waals surface area (Å²) in [4.78, 5) is 32.3. The van der Waals surface area contributed by atoms with Crippen molar-refractivity contribution < 1.29 is 23.7 Å². The van der Waals surface area contributed by atoms with E-state index in [1.54, 1.807) is 36.6 Å². The Hall–Kier alpha value is -4.34. The van der Waals surface area contributed by atoms with Gasteiger partial charge >= 0.3 is 5.97 Å². The number of hydrogen-bond acceptors (Lipinski definition) is 8. The maximum Gasteiger partial charge on any atom is 0.338 e. The molecule has 2 aliphatic rings. The molecule has 3 aromatic carbocycles. The van der Waals surface area contributed by atoms with Gasteiger partial charge in [0.15, 0.2) is 16.3 Å². The lowest BCUT2D eigenvalue weighted by atomic mass is 9.95. The van der Waals surface area contributed by atoms with E-state index in [4.69, 9.17) is 30.5 Å². The van der Waals surface area contributed by atoms with Crippen LogP contribution in [0.4, 0.5) is 0 Å². The normalized spacial score (nSPS) is 15.9. The van der Waals surface area contributed by atoms with Crippen LogP contribution in [0.15, 0.2) is 87.8 Å². The number of para-hydroxylation sites is 1. The first-order valence-electron chi connectivity index (χ1n) is 13.0. The van der Waals surface area contributed by atoms with Crippen LogP contribution < -0.4 is 29.1 Å². The number of allylic oxidation sites excluding steroid dienone is 1. The summed E-state index contributed by atoms with van der Waals surface area (Å²) in [5.74, 6) is 1.26. The molecule has 0 radical (unpaired) electrons. The summed E-state index contributed by atoms with van der Waals surface area (Å²) in [5, 5.41) is 0.657. The summed E-state index contributed by atoms with van der Waals surface area (Å²) in [7, 11) is 0. The molecule has 10 heteroatoms. The van der Waals surface area contributed by atoms with E-state index in [1.807, 2.05) is 54.6 Å². The number of carbonyl (C=O) groups excluding carboxylic acids is 1. The van der Waals surface area contributed by atoms with Crippen molar-refractivity contribution in [3.63, 3.8) is 0 Å². The standard InChI is InChI=1S/C31H25ClN2O6S/c1-3-37-30(36)27-18(2)33-31-34(28(27)21-10-13-24-25(14-21)40-17-39-24)29(35)26(41-31)15-20-6-4-5-7-23(20)38-16-19-8-11-22(32)12-9-19/h4-15,28H,3,16-17H2,1-2H3/b26-15-/t28-/m1/s1. The molecule has 0 unspecified atom stereocenters. The van der Waals surface area contributed by atoms with Gasteiger partial charge in [-0.2, -0.15) is 0 Å². The summed E-state index contributed by atoms with van der Waals surface area (Å²) in [6.45, 7) is 4.14. The summed E-state index contributed by atoms with van der Waals surface area (Å²) >= 11 is 7.26. The summed E-state index contributed by atoms with van der Waals surface area (Å²) < 4.78 is 24.5. The predicted molar refractivity (Wildman–Crippen MR) is 155 cm³/mol. The molecule has 208 valence electrons. The second-order valence-electron chi connectivity index (χ2n) is 9.37. The highest BCUT2D eigenvalue weighted by Gasteiger charge is 2.34. The zero-order valence-corrected chi connectivity index (χ0v) is 23.8. The van der Waals surface area contributed by atoms with Gasteiger partial charge in [0.2, 0.25) is 6.79 Å². The van der Waals surface area contributed by atoms with Crippen molar-refractivity contribution in [1.29, 1.82) is 0 Å². The first-order chi connectivity index (χ1) is 19.9. The molecule has 0 fully saturated rings. The summed E-state index contributed by atoms with van der Waals surface area (Å²) in [6, 6.07) is 19.6. The molecule has 0 spiro atoms. The van der Waals surface area contributed by atoms with Gasteiger partial charge in [0.25, 0.3) is 5.56 Å². The Labute approximate surface area is 244 Å². The van der Waals surface area contributed by atoms with E-state index in [0.717, 1.165) is 11.1 Å².